The topological polar surface area (TPSA) is 42.9 Å². The van der Waals surface area contributed by atoms with Gasteiger partial charge in [-0.3, -0.25) is 14.8 Å². The molecule has 6 heteroatoms. The van der Waals surface area contributed by atoms with E-state index >= 15 is 0 Å². The zero-order valence-corrected chi connectivity index (χ0v) is 20.3. The van der Waals surface area contributed by atoms with Gasteiger partial charge in [-0.15, -0.1) is 0 Å². The summed E-state index contributed by atoms with van der Waals surface area (Å²) in [5.74, 6) is -2.22. The Labute approximate surface area is 213 Å². The quantitative estimate of drug-likeness (QED) is 0.258. The molecule has 186 valence electrons. The smallest absolute Gasteiger partial charge is 0.137 e. The van der Waals surface area contributed by atoms with Crippen LogP contribution in [0.1, 0.15) is 46.7 Å². The number of nitrogens with zero attached hydrogens (tertiary/aromatic N) is 2. The molecule has 37 heavy (non-hydrogen) atoms. The molecule has 1 aliphatic carbocycles. The van der Waals surface area contributed by atoms with Gasteiger partial charge < -0.3 is 0 Å². The molecule has 3 nitrogen and oxygen atoms in total. The fraction of sp³-hybridized carbons (Fsp3) is 0.194. The number of rotatable bonds is 8. The number of hydrogen-bond donors (Lipinski definition) is 0. The second-order valence-electron chi connectivity index (χ2n) is 9.49. The lowest BCUT2D eigenvalue weighted by molar-refractivity contribution is -0.118. The molecule has 5 rings (SSSR count). The summed E-state index contributed by atoms with van der Waals surface area (Å²) in [6, 6.07) is 15.8. The van der Waals surface area contributed by atoms with Crippen molar-refractivity contribution in [3.05, 3.63) is 125 Å². The number of Topliss-reactive ketones (excluding diaryl/α,β-unsaturated/α-hetero) is 1. The molecule has 1 aromatic heterocycles. The molecule has 0 saturated carbocycles. The van der Waals surface area contributed by atoms with Crippen LogP contribution in [0.25, 0.3) is 16.8 Å². The van der Waals surface area contributed by atoms with Crippen LogP contribution in [0.4, 0.5) is 13.2 Å². The predicted molar refractivity (Wildman–Crippen MR) is 137 cm³/mol. The fourth-order valence-corrected chi connectivity index (χ4v) is 4.96. The number of aryl methyl sites for hydroxylation is 1. The molecule has 0 fully saturated rings. The lowest BCUT2D eigenvalue weighted by Crippen LogP contribution is -2.14. The van der Waals surface area contributed by atoms with Gasteiger partial charge in [-0.2, -0.15) is 0 Å². The van der Waals surface area contributed by atoms with Gasteiger partial charge in [0.05, 0.1) is 11.4 Å². The largest absolute Gasteiger partial charge is 0.299 e. The van der Waals surface area contributed by atoms with Gasteiger partial charge in [0.15, 0.2) is 0 Å². The van der Waals surface area contributed by atoms with Gasteiger partial charge in [0, 0.05) is 42.8 Å². The number of fused-ring (bicyclic) bond motifs is 1. The first kappa shape index (κ1) is 24.6. The molecule has 4 aromatic rings. The van der Waals surface area contributed by atoms with E-state index in [0.29, 0.717) is 23.4 Å². The van der Waals surface area contributed by atoms with Crippen LogP contribution in [0, 0.1) is 24.4 Å². The van der Waals surface area contributed by atoms with Crippen molar-refractivity contribution < 1.29 is 18.0 Å². The zero-order chi connectivity index (χ0) is 25.9. The van der Waals surface area contributed by atoms with E-state index in [1.165, 1.54) is 24.3 Å². The molecule has 1 aliphatic rings. The van der Waals surface area contributed by atoms with Crippen LogP contribution in [-0.2, 0) is 17.6 Å². The summed E-state index contributed by atoms with van der Waals surface area (Å²) in [7, 11) is 0. The minimum absolute atomic E-state index is 0.0641. The summed E-state index contributed by atoms with van der Waals surface area (Å²) in [5.41, 5.74) is 6.15. The van der Waals surface area contributed by atoms with E-state index in [2.05, 4.69) is 9.97 Å². The number of carbonyl (C=O) groups excluding carboxylic acids is 1. The van der Waals surface area contributed by atoms with Gasteiger partial charge in [-0.05, 0) is 66.3 Å². The minimum Gasteiger partial charge on any atom is -0.299 e. The van der Waals surface area contributed by atoms with Crippen LogP contribution in [-0.4, -0.2) is 15.8 Å². The molecule has 0 radical (unpaired) electrons. The van der Waals surface area contributed by atoms with Gasteiger partial charge in [0.25, 0.3) is 0 Å². The summed E-state index contributed by atoms with van der Waals surface area (Å²) in [6.07, 6.45) is 6.22. The number of aromatic nitrogens is 2. The Kier molecular flexibility index (Phi) is 6.99. The first-order valence-electron chi connectivity index (χ1n) is 12.2. The summed E-state index contributed by atoms with van der Waals surface area (Å²) in [4.78, 5) is 22.5. The van der Waals surface area contributed by atoms with E-state index in [-0.39, 0.29) is 30.9 Å². The molecule has 0 N–H and O–H groups in total. The molecule has 3 aromatic carbocycles. The molecule has 0 saturated heterocycles. The first-order valence-corrected chi connectivity index (χ1v) is 12.2. The molecule has 0 bridgehead atoms. The Morgan fingerprint density at radius 1 is 0.892 bits per heavy atom. The third kappa shape index (κ3) is 5.69. The van der Waals surface area contributed by atoms with Crippen LogP contribution >= 0.6 is 0 Å². The van der Waals surface area contributed by atoms with Gasteiger partial charge in [-0.25, -0.2) is 13.2 Å². The second kappa shape index (κ2) is 10.5. The fourth-order valence-electron chi connectivity index (χ4n) is 4.96. The van der Waals surface area contributed by atoms with Gasteiger partial charge in [0.1, 0.15) is 23.2 Å². The normalized spacial score (nSPS) is 13.2. The number of allylic oxidation sites excluding steroid dienone is 2. The van der Waals surface area contributed by atoms with Gasteiger partial charge in [-0.1, -0.05) is 42.0 Å². The van der Waals surface area contributed by atoms with Crippen molar-refractivity contribution in [1.29, 1.82) is 0 Å². The lowest BCUT2D eigenvalue weighted by atomic mass is 9.87. The maximum atomic E-state index is 14.0. The van der Waals surface area contributed by atoms with Crippen molar-refractivity contribution in [2.45, 2.75) is 38.5 Å². The van der Waals surface area contributed by atoms with E-state index in [1.807, 2.05) is 37.3 Å². The number of halogens is 3. The van der Waals surface area contributed by atoms with Crippen molar-refractivity contribution >= 4 is 11.4 Å². The van der Waals surface area contributed by atoms with Crippen molar-refractivity contribution in [2.24, 2.45) is 0 Å². The van der Waals surface area contributed by atoms with Crippen LogP contribution in [0.15, 0.2) is 79.1 Å². The van der Waals surface area contributed by atoms with Crippen molar-refractivity contribution in [2.75, 3.05) is 0 Å². The van der Waals surface area contributed by atoms with E-state index in [4.69, 9.17) is 0 Å². The summed E-state index contributed by atoms with van der Waals surface area (Å²) < 4.78 is 41.8. The highest BCUT2D eigenvalue weighted by Gasteiger charge is 2.25. The number of hydrogen-bond acceptors (Lipinski definition) is 3. The highest BCUT2D eigenvalue weighted by Crippen LogP contribution is 2.35. The van der Waals surface area contributed by atoms with E-state index in [0.717, 1.165) is 33.9 Å². The van der Waals surface area contributed by atoms with Crippen LogP contribution in [0.3, 0.4) is 0 Å². The standard InChI is InChI=1S/C31H25F3N2O/c1-19-2-4-22(5-3-19)30-31(36-11-10-35-30)24(12-20-13-26(33)17-27(34)14-20)16-28(37)15-23-7-6-21-8-9-25(32)18-29(21)23/h2-5,7-11,13-14,17-18,24H,6,12,15-16H2,1H3. The highest BCUT2D eigenvalue weighted by atomic mass is 19.1. The Bertz CT molecular complexity index is 1470. The summed E-state index contributed by atoms with van der Waals surface area (Å²) in [6.45, 7) is 1.99. The van der Waals surface area contributed by atoms with Gasteiger partial charge >= 0.3 is 0 Å². The Balaban J connectivity index is 1.47. The molecular formula is C31H25F3N2O. The molecule has 1 unspecified atom stereocenters. The van der Waals surface area contributed by atoms with Crippen LogP contribution in [0.2, 0.25) is 0 Å². The monoisotopic (exact) mass is 498 g/mol. The van der Waals surface area contributed by atoms with Crippen LogP contribution < -0.4 is 0 Å². The average molecular weight is 499 g/mol. The molecule has 1 atom stereocenters. The van der Waals surface area contributed by atoms with E-state index in [9.17, 15) is 18.0 Å². The number of benzene rings is 3. The zero-order valence-electron chi connectivity index (χ0n) is 20.3. The number of carbonyl (C=O) groups is 1. The summed E-state index contributed by atoms with van der Waals surface area (Å²) >= 11 is 0. The first-order chi connectivity index (χ1) is 17.9. The van der Waals surface area contributed by atoms with E-state index in [1.54, 1.807) is 18.5 Å². The molecule has 0 aliphatic heterocycles. The minimum atomic E-state index is -0.673. The van der Waals surface area contributed by atoms with E-state index < -0.39 is 17.6 Å². The van der Waals surface area contributed by atoms with Crippen LogP contribution in [0.5, 0.6) is 0 Å². The van der Waals surface area contributed by atoms with Gasteiger partial charge in [0.2, 0.25) is 0 Å². The SMILES string of the molecule is Cc1ccc(-c2nccnc2C(CC(=O)CC2=CCc3ccc(F)cc32)Cc2cc(F)cc(F)c2)cc1. The Morgan fingerprint density at radius 3 is 2.38 bits per heavy atom. The van der Waals surface area contributed by atoms with Crippen molar-refractivity contribution in [3.8, 4) is 11.3 Å². The van der Waals surface area contributed by atoms with Crippen molar-refractivity contribution in [1.82, 2.24) is 9.97 Å². The Morgan fingerprint density at radius 2 is 1.62 bits per heavy atom. The second-order valence-corrected chi connectivity index (χ2v) is 9.49. The molecule has 0 spiro atoms. The maximum Gasteiger partial charge on any atom is 0.137 e. The molecule has 0 amide bonds. The third-order valence-corrected chi connectivity index (χ3v) is 6.69. The average Bonchev–Trinajstić information content (AvgIpc) is 3.25. The molecule has 1 heterocycles. The Hall–Kier alpha value is -4.06. The summed E-state index contributed by atoms with van der Waals surface area (Å²) in [5, 5.41) is 0. The van der Waals surface area contributed by atoms with Crippen molar-refractivity contribution in [3.63, 3.8) is 0 Å². The lowest BCUT2D eigenvalue weighted by Gasteiger charge is -2.19. The molecular weight excluding hydrogens is 473 g/mol. The number of ketones is 1. The highest BCUT2D eigenvalue weighted by molar-refractivity contribution is 5.92. The predicted octanol–water partition coefficient (Wildman–Crippen LogP) is 7.18. The third-order valence-electron chi connectivity index (χ3n) is 6.69. The maximum absolute atomic E-state index is 14.0.